The number of benzene rings is 2. The van der Waals surface area contributed by atoms with Crippen LogP contribution in [0.1, 0.15) is 11.1 Å². The van der Waals surface area contributed by atoms with Gasteiger partial charge in [0.1, 0.15) is 5.75 Å². The highest BCUT2D eigenvalue weighted by molar-refractivity contribution is 7.89. The van der Waals surface area contributed by atoms with E-state index in [4.69, 9.17) is 14.6 Å². The molecule has 0 fully saturated rings. The predicted molar refractivity (Wildman–Crippen MR) is 98.8 cm³/mol. The molecule has 0 bridgehead atoms. The molecule has 27 heavy (non-hydrogen) atoms. The van der Waals surface area contributed by atoms with E-state index in [1.807, 2.05) is 26.0 Å². The zero-order valence-electron chi connectivity index (χ0n) is 14.9. The molecule has 1 amide bonds. The average molecular weight is 392 g/mol. The lowest BCUT2D eigenvalue weighted by atomic mass is 10.1. The number of anilines is 1. The van der Waals surface area contributed by atoms with Crippen molar-refractivity contribution in [3.05, 3.63) is 53.6 Å². The van der Waals surface area contributed by atoms with E-state index in [2.05, 4.69) is 5.32 Å². The molecule has 0 radical (unpaired) electrons. The van der Waals surface area contributed by atoms with Gasteiger partial charge in [0.15, 0.2) is 13.2 Å². The molecule has 0 atom stereocenters. The van der Waals surface area contributed by atoms with Crippen molar-refractivity contribution < 1.29 is 27.5 Å². The summed E-state index contributed by atoms with van der Waals surface area (Å²) < 4.78 is 32.8. The van der Waals surface area contributed by atoms with Crippen molar-refractivity contribution in [1.82, 2.24) is 0 Å². The average Bonchev–Trinajstić information content (AvgIpc) is 2.60. The van der Waals surface area contributed by atoms with Gasteiger partial charge in [0, 0.05) is 5.69 Å². The summed E-state index contributed by atoms with van der Waals surface area (Å²) >= 11 is 0. The lowest BCUT2D eigenvalue weighted by molar-refractivity contribution is -0.149. The molecule has 2 aromatic rings. The van der Waals surface area contributed by atoms with Crippen LogP contribution in [-0.2, 0) is 24.3 Å². The maximum absolute atomic E-state index is 11.8. The zero-order chi connectivity index (χ0) is 20.0. The second kappa shape index (κ2) is 8.65. The Bertz CT molecular complexity index is 956. The summed E-state index contributed by atoms with van der Waals surface area (Å²) in [6, 6.07) is 11.0. The molecule has 0 spiro atoms. The maximum Gasteiger partial charge on any atom is 0.344 e. The molecule has 0 aromatic heterocycles. The molecule has 0 unspecified atom stereocenters. The highest BCUT2D eigenvalue weighted by atomic mass is 32.2. The second-order valence-electron chi connectivity index (χ2n) is 5.84. The summed E-state index contributed by atoms with van der Waals surface area (Å²) in [4.78, 5) is 23.4. The van der Waals surface area contributed by atoms with Crippen LogP contribution in [0.25, 0.3) is 0 Å². The number of amides is 1. The van der Waals surface area contributed by atoms with Crippen molar-refractivity contribution in [3.63, 3.8) is 0 Å². The fourth-order valence-electron chi connectivity index (χ4n) is 2.14. The number of nitrogens with one attached hydrogen (secondary N) is 1. The highest BCUT2D eigenvalue weighted by Gasteiger charge is 2.12. The molecule has 2 rings (SSSR count). The third-order valence-corrected chi connectivity index (χ3v) is 4.41. The number of hydrogen-bond donors (Lipinski definition) is 2. The molecule has 0 aliphatic rings. The number of carbonyl (C=O) groups is 2. The molecular formula is C18H20N2O6S. The van der Waals surface area contributed by atoms with E-state index < -0.39 is 28.5 Å². The number of esters is 1. The van der Waals surface area contributed by atoms with Crippen LogP contribution in [-0.4, -0.2) is 33.5 Å². The van der Waals surface area contributed by atoms with Gasteiger partial charge in [-0.2, -0.15) is 0 Å². The molecule has 0 saturated carbocycles. The van der Waals surface area contributed by atoms with E-state index in [1.54, 1.807) is 6.07 Å². The van der Waals surface area contributed by atoms with Gasteiger partial charge in [-0.1, -0.05) is 18.2 Å². The third kappa shape index (κ3) is 6.39. The van der Waals surface area contributed by atoms with Crippen LogP contribution in [0, 0.1) is 13.8 Å². The molecule has 2 aromatic carbocycles. The number of sulfonamides is 1. The van der Waals surface area contributed by atoms with Crippen LogP contribution in [0.4, 0.5) is 5.69 Å². The highest BCUT2D eigenvalue weighted by Crippen LogP contribution is 2.19. The monoisotopic (exact) mass is 392 g/mol. The quantitative estimate of drug-likeness (QED) is 0.688. The van der Waals surface area contributed by atoms with Crippen LogP contribution in [0.2, 0.25) is 0 Å². The molecule has 0 aliphatic heterocycles. The summed E-state index contributed by atoms with van der Waals surface area (Å²) in [6.07, 6.45) is 0. The van der Waals surface area contributed by atoms with Crippen molar-refractivity contribution in [1.29, 1.82) is 0 Å². The summed E-state index contributed by atoms with van der Waals surface area (Å²) in [5.74, 6) is -0.762. The van der Waals surface area contributed by atoms with Crippen molar-refractivity contribution >= 4 is 27.6 Å². The Morgan fingerprint density at radius 3 is 2.52 bits per heavy atom. The number of primary sulfonamides is 1. The normalized spacial score (nSPS) is 10.9. The number of nitrogens with two attached hydrogens (primary N) is 1. The Hall–Kier alpha value is -2.91. The minimum atomic E-state index is -3.88. The fourth-order valence-corrected chi connectivity index (χ4v) is 2.69. The Morgan fingerprint density at radius 2 is 1.81 bits per heavy atom. The summed E-state index contributed by atoms with van der Waals surface area (Å²) in [6.45, 7) is 2.89. The smallest absolute Gasteiger partial charge is 0.344 e. The van der Waals surface area contributed by atoms with Crippen molar-refractivity contribution in [2.24, 2.45) is 5.14 Å². The topological polar surface area (TPSA) is 125 Å². The van der Waals surface area contributed by atoms with Crippen LogP contribution in [0.15, 0.2) is 47.4 Å². The molecule has 0 saturated heterocycles. The minimum absolute atomic E-state index is 0.140. The van der Waals surface area contributed by atoms with Crippen molar-refractivity contribution in [3.8, 4) is 5.75 Å². The van der Waals surface area contributed by atoms with E-state index in [9.17, 15) is 18.0 Å². The van der Waals surface area contributed by atoms with Crippen LogP contribution < -0.4 is 15.2 Å². The van der Waals surface area contributed by atoms with Gasteiger partial charge >= 0.3 is 5.97 Å². The minimum Gasteiger partial charge on any atom is -0.482 e. The molecule has 0 heterocycles. The number of carbonyl (C=O) groups excluding carboxylic acids is 2. The summed E-state index contributed by atoms with van der Waals surface area (Å²) in [7, 11) is -3.88. The first kappa shape index (κ1) is 20.4. The van der Waals surface area contributed by atoms with E-state index in [-0.39, 0.29) is 17.2 Å². The van der Waals surface area contributed by atoms with Gasteiger partial charge in [0.2, 0.25) is 10.0 Å². The second-order valence-corrected chi connectivity index (χ2v) is 7.40. The largest absolute Gasteiger partial charge is 0.482 e. The van der Waals surface area contributed by atoms with Crippen LogP contribution in [0.5, 0.6) is 5.75 Å². The van der Waals surface area contributed by atoms with Gasteiger partial charge in [0.05, 0.1) is 4.90 Å². The zero-order valence-corrected chi connectivity index (χ0v) is 15.7. The number of aryl methyl sites for hydroxylation is 2. The number of rotatable bonds is 7. The van der Waals surface area contributed by atoms with Gasteiger partial charge in [0.25, 0.3) is 5.91 Å². The molecule has 8 nitrogen and oxygen atoms in total. The molecule has 9 heteroatoms. The summed E-state index contributed by atoms with van der Waals surface area (Å²) in [5, 5.41) is 7.46. The van der Waals surface area contributed by atoms with Crippen molar-refractivity contribution in [2.75, 3.05) is 18.5 Å². The molecular weight excluding hydrogens is 372 g/mol. The number of hydrogen-bond acceptors (Lipinski definition) is 6. The first-order chi connectivity index (χ1) is 12.6. The van der Waals surface area contributed by atoms with E-state index in [0.717, 1.165) is 11.1 Å². The molecule has 3 N–H and O–H groups in total. The standard InChI is InChI=1S/C18H20N2O6S/c1-12-6-7-13(2)16(8-12)25-11-18(22)26-10-17(21)20-14-4-3-5-15(9-14)27(19,23)24/h3-9H,10-11H2,1-2H3,(H,20,21)(H2,19,23,24). The lowest BCUT2D eigenvalue weighted by Gasteiger charge is -2.10. The molecule has 144 valence electrons. The van der Waals surface area contributed by atoms with Crippen LogP contribution >= 0.6 is 0 Å². The Kier molecular flexibility index (Phi) is 6.54. The SMILES string of the molecule is Cc1ccc(C)c(OCC(=O)OCC(=O)Nc2cccc(S(N)(=O)=O)c2)c1. The van der Waals surface area contributed by atoms with Gasteiger partial charge in [-0.15, -0.1) is 0 Å². The van der Waals surface area contributed by atoms with Gasteiger partial charge in [-0.05, 0) is 49.2 Å². The Balaban J connectivity index is 1.83. The van der Waals surface area contributed by atoms with E-state index >= 15 is 0 Å². The van der Waals surface area contributed by atoms with Crippen LogP contribution in [0.3, 0.4) is 0 Å². The molecule has 0 aliphatic carbocycles. The van der Waals surface area contributed by atoms with Gasteiger partial charge in [-0.3, -0.25) is 4.79 Å². The van der Waals surface area contributed by atoms with E-state index in [1.165, 1.54) is 24.3 Å². The third-order valence-electron chi connectivity index (χ3n) is 3.50. The van der Waals surface area contributed by atoms with E-state index in [0.29, 0.717) is 5.75 Å². The Morgan fingerprint density at radius 1 is 1.07 bits per heavy atom. The lowest BCUT2D eigenvalue weighted by Crippen LogP contribution is -2.24. The summed E-state index contributed by atoms with van der Waals surface area (Å²) in [5.41, 5.74) is 2.08. The fraction of sp³-hybridized carbons (Fsp3) is 0.222. The van der Waals surface area contributed by atoms with Gasteiger partial charge < -0.3 is 14.8 Å². The van der Waals surface area contributed by atoms with Crippen molar-refractivity contribution in [2.45, 2.75) is 18.7 Å². The van der Waals surface area contributed by atoms with Gasteiger partial charge in [-0.25, -0.2) is 18.4 Å². The first-order valence-corrected chi connectivity index (χ1v) is 9.48. The predicted octanol–water partition coefficient (Wildman–Crippen LogP) is 1.51. The number of ether oxygens (including phenoxy) is 2. The Labute approximate surface area is 157 Å². The maximum atomic E-state index is 11.8. The first-order valence-electron chi connectivity index (χ1n) is 7.93.